The van der Waals surface area contributed by atoms with Gasteiger partial charge in [0.1, 0.15) is 12.4 Å². The fourth-order valence-electron chi connectivity index (χ4n) is 2.69. The summed E-state index contributed by atoms with van der Waals surface area (Å²) in [5.74, 6) is 1.96. The third-order valence-electron chi connectivity index (χ3n) is 3.95. The van der Waals surface area contributed by atoms with Crippen molar-refractivity contribution < 1.29 is 9.15 Å². The van der Waals surface area contributed by atoms with Gasteiger partial charge < -0.3 is 14.9 Å². The van der Waals surface area contributed by atoms with Crippen LogP contribution in [0.5, 0.6) is 5.75 Å². The average molecular weight is 319 g/mol. The predicted octanol–water partition coefficient (Wildman–Crippen LogP) is 3.48. The number of benzene rings is 2. The average Bonchev–Trinajstić information content (AvgIpc) is 3.05. The number of hydrogen-bond acceptors (Lipinski definition) is 5. The van der Waals surface area contributed by atoms with E-state index in [1.807, 2.05) is 42.5 Å². The summed E-state index contributed by atoms with van der Waals surface area (Å²) >= 11 is 0. The van der Waals surface area contributed by atoms with Gasteiger partial charge in [-0.1, -0.05) is 23.8 Å². The fourth-order valence-corrected chi connectivity index (χ4v) is 2.69. The molecule has 4 rings (SSSR count). The van der Waals surface area contributed by atoms with Crippen LogP contribution in [0.1, 0.15) is 28.5 Å². The van der Waals surface area contributed by atoms with Crippen molar-refractivity contribution in [1.29, 1.82) is 0 Å². The minimum absolute atomic E-state index is 0.430. The monoisotopic (exact) mass is 319 g/mol. The van der Waals surface area contributed by atoms with E-state index in [-0.39, 0.29) is 0 Å². The highest BCUT2D eigenvalue weighted by atomic mass is 16.5. The second-order valence-electron chi connectivity index (χ2n) is 5.92. The van der Waals surface area contributed by atoms with Gasteiger partial charge in [-0.3, -0.25) is 0 Å². The number of rotatable bonds is 3. The van der Waals surface area contributed by atoms with Crippen LogP contribution in [0.25, 0.3) is 11.6 Å². The van der Waals surface area contributed by atoms with Gasteiger partial charge in [-0.15, -0.1) is 10.2 Å². The third kappa shape index (κ3) is 2.88. The molecular weight excluding hydrogens is 302 g/mol. The van der Waals surface area contributed by atoms with Gasteiger partial charge in [-0.25, -0.2) is 0 Å². The van der Waals surface area contributed by atoms with Gasteiger partial charge in [0, 0.05) is 11.3 Å². The predicted molar refractivity (Wildman–Crippen MR) is 92.5 cm³/mol. The Balaban J connectivity index is 1.57. The Morgan fingerprint density at radius 1 is 1.08 bits per heavy atom. The molecule has 2 heterocycles. The van der Waals surface area contributed by atoms with Crippen LogP contribution < -0.4 is 10.5 Å². The molecule has 0 fully saturated rings. The van der Waals surface area contributed by atoms with Crippen molar-refractivity contribution in [3.63, 3.8) is 0 Å². The lowest BCUT2D eigenvalue weighted by Crippen LogP contribution is -2.07. The lowest BCUT2D eigenvalue weighted by Gasteiger charge is -2.16. The van der Waals surface area contributed by atoms with E-state index < -0.39 is 0 Å². The largest absolute Gasteiger partial charge is 0.488 e. The quantitative estimate of drug-likeness (QED) is 0.748. The minimum atomic E-state index is 0.430. The molecule has 0 aliphatic carbocycles. The van der Waals surface area contributed by atoms with Crippen LogP contribution in [-0.4, -0.2) is 16.8 Å². The molecule has 0 spiro atoms. The van der Waals surface area contributed by atoms with E-state index in [1.54, 1.807) is 0 Å². The van der Waals surface area contributed by atoms with E-state index in [4.69, 9.17) is 14.9 Å². The first-order valence-electron chi connectivity index (χ1n) is 7.78. The summed E-state index contributed by atoms with van der Waals surface area (Å²) in [4.78, 5) is 0. The van der Waals surface area contributed by atoms with E-state index in [0.717, 1.165) is 28.1 Å². The van der Waals surface area contributed by atoms with Crippen molar-refractivity contribution in [2.24, 2.45) is 0 Å². The fraction of sp³-hybridized carbons (Fsp3) is 0.158. The maximum atomic E-state index is 5.80. The first-order valence-corrected chi connectivity index (χ1v) is 7.78. The Labute approximate surface area is 139 Å². The van der Waals surface area contributed by atoms with Crippen LogP contribution in [0.4, 0.5) is 5.69 Å². The molecule has 5 heteroatoms. The maximum absolute atomic E-state index is 5.80. The van der Waals surface area contributed by atoms with E-state index in [9.17, 15) is 0 Å². The molecule has 0 bridgehead atoms. The summed E-state index contributed by atoms with van der Waals surface area (Å²) in [5, 5.41) is 8.30. The molecule has 5 nitrogen and oxygen atoms in total. The van der Waals surface area contributed by atoms with Gasteiger partial charge >= 0.3 is 0 Å². The lowest BCUT2D eigenvalue weighted by molar-refractivity contribution is 0.359. The Morgan fingerprint density at radius 3 is 2.75 bits per heavy atom. The molecule has 0 saturated carbocycles. The number of nitrogen functional groups attached to an aromatic ring is 1. The summed E-state index contributed by atoms with van der Waals surface area (Å²) in [6, 6.07) is 13.8. The molecule has 1 aliphatic rings. The Morgan fingerprint density at radius 2 is 1.92 bits per heavy atom. The highest BCUT2D eigenvalue weighted by molar-refractivity contribution is 5.82. The zero-order valence-corrected chi connectivity index (χ0v) is 13.3. The van der Waals surface area contributed by atoms with Crippen molar-refractivity contribution in [3.05, 3.63) is 70.9 Å². The van der Waals surface area contributed by atoms with Gasteiger partial charge in [0.05, 0.1) is 12.0 Å². The zero-order valence-electron chi connectivity index (χ0n) is 13.3. The zero-order chi connectivity index (χ0) is 16.5. The number of nitrogens with zero attached hydrogens (tertiary/aromatic N) is 2. The molecule has 0 unspecified atom stereocenters. The van der Waals surface area contributed by atoms with Crippen LogP contribution in [0, 0.1) is 6.92 Å². The van der Waals surface area contributed by atoms with Crippen molar-refractivity contribution in [3.8, 4) is 5.75 Å². The topological polar surface area (TPSA) is 74.2 Å². The summed E-state index contributed by atoms with van der Waals surface area (Å²) in [7, 11) is 0. The Bertz CT molecular complexity index is 911. The molecule has 2 N–H and O–H groups in total. The second-order valence-corrected chi connectivity index (χ2v) is 5.92. The SMILES string of the molecule is Cc1ccc2c(c1)C=C(c1nnc(Cc3ccc(N)cc3)o1)CO2. The van der Waals surface area contributed by atoms with Gasteiger partial charge in [0.2, 0.25) is 11.8 Å². The molecule has 24 heavy (non-hydrogen) atoms. The molecule has 1 aromatic heterocycles. The van der Waals surface area contributed by atoms with Gasteiger partial charge in [-0.2, -0.15) is 0 Å². The number of aryl methyl sites for hydroxylation is 1. The Hall–Kier alpha value is -3.08. The molecular formula is C19H17N3O2. The van der Waals surface area contributed by atoms with Gasteiger partial charge in [-0.05, 0) is 42.8 Å². The molecule has 0 radical (unpaired) electrons. The van der Waals surface area contributed by atoms with Crippen molar-refractivity contribution in [1.82, 2.24) is 10.2 Å². The molecule has 1 aliphatic heterocycles. The Kier molecular flexibility index (Phi) is 3.54. The molecule has 3 aromatic rings. The van der Waals surface area contributed by atoms with Gasteiger partial charge in [0.25, 0.3) is 0 Å². The summed E-state index contributed by atoms with van der Waals surface area (Å²) in [6.07, 6.45) is 2.63. The molecule has 2 aromatic carbocycles. The number of hydrogen-bond donors (Lipinski definition) is 1. The number of anilines is 1. The van der Waals surface area contributed by atoms with Crippen LogP contribution in [0.2, 0.25) is 0 Å². The van der Waals surface area contributed by atoms with Crippen molar-refractivity contribution in [2.75, 3.05) is 12.3 Å². The van der Waals surface area contributed by atoms with Crippen LogP contribution in [0.15, 0.2) is 46.9 Å². The summed E-state index contributed by atoms with van der Waals surface area (Å²) in [6.45, 7) is 2.49. The number of nitrogens with two attached hydrogens (primary N) is 1. The summed E-state index contributed by atoms with van der Waals surface area (Å²) in [5.41, 5.74) is 10.6. The number of fused-ring (bicyclic) bond motifs is 1. The molecule has 0 amide bonds. The summed E-state index contributed by atoms with van der Waals surface area (Å²) < 4.78 is 11.6. The van der Waals surface area contributed by atoms with E-state index in [0.29, 0.717) is 24.8 Å². The van der Waals surface area contributed by atoms with Crippen LogP contribution in [-0.2, 0) is 6.42 Å². The van der Waals surface area contributed by atoms with Crippen LogP contribution in [0.3, 0.4) is 0 Å². The first-order chi connectivity index (χ1) is 11.7. The molecule has 120 valence electrons. The van der Waals surface area contributed by atoms with Crippen molar-refractivity contribution in [2.45, 2.75) is 13.3 Å². The van der Waals surface area contributed by atoms with Crippen molar-refractivity contribution >= 4 is 17.3 Å². The van der Waals surface area contributed by atoms with E-state index in [2.05, 4.69) is 23.2 Å². The highest BCUT2D eigenvalue weighted by Gasteiger charge is 2.18. The first kappa shape index (κ1) is 14.5. The van der Waals surface area contributed by atoms with Crippen LogP contribution >= 0.6 is 0 Å². The highest BCUT2D eigenvalue weighted by Crippen LogP contribution is 2.30. The molecule has 0 saturated heterocycles. The van der Waals surface area contributed by atoms with E-state index in [1.165, 1.54) is 5.56 Å². The number of ether oxygens (including phenoxy) is 1. The smallest absolute Gasteiger partial charge is 0.247 e. The third-order valence-corrected chi connectivity index (χ3v) is 3.95. The number of aromatic nitrogens is 2. The van der Waals surface area contributed by atoms with Gasteiger partial charge in [0.15, 0.2) is 0 Å². The minimum Gasteiger partial charge on any atom is -0.488 e. The standard InChI is InChI=1S/C19H17N3O2/c1-12-2-7-17-14(8-12)10-15(11-23-17)19-22-21-18(24-19)9-13-3-5-16(20)6-4-13/h2-8,10H,9,11,20H2,1H3. The lowest BCUT2D eigenvalue weighted by atomic mass is 10.1. The normalized spacial score (nSPS) is 13.1. The van der Waals surface area contributed by atoms with E-state index >= 15 is 0 Å². The maximum Gasteiger partial charge on any atom is 0.247 e. The second kappa shape index (κ2) is 5.85. The molecule has 0 atom stereocenters.